The molecular formula is C58H59ClF21N5O5. The van der Waals surface area contributed by atoms with Crippen LogP contribution < -0.4 is 5.32 Å². The minimum Gasteiger partial charge on any atom is -0.383 e. The van der Waals surface area contributed by atoms with E-state index < -0.39 is 82.3 Å². The molecule has 1 fully saturated rings. The van der Waals surface area contributed by atoms with E-state index in [0.717, 1.165) is 53.5 Å². The number of carbonyl (C=O) groups is 3. The number of rotatable bonds is 14. The highest BCUT2D eigenvalue weighted by molar-refractivity contribution is 6.34. The summed E-state index contributed by atoms with van der Waals surface area (Å²) in [6, 6.07) is 8.94. The molecule has 4 aromatic carbocycles. The van der Waals surface area contributed by atoms with Gasteiger partial charge in [-0.3, -0.25) is 19.3 Å². The number of nitrogens with zero attached hydrogens (tertiary/aromatic N) is 4. The molecule has 0 bridgehead atoms. The average molecular weight is 1340 g/mol. The van der Waals surface area contributed by atoms with Gasteiger partial charge in [-0.15, -0.1) is 0 Å². The number of carbonyl (C=O) groups excluding carboxylic acids is 3. The number of hydrogen-bond donors (Lipinski definition) is 1. The lowest BCUT2D eigenvalue weighted by Gasteiger charge is -2.31. The number of nitrogens with one attached hydrogen (secondary N) is 1. The number of amides is 1. The number of aryl methyl sites for hydroxylation is 6. The Morgan fingerprint density at radius 1 is 0.567 bits per heavy atom. The summed E-state index contributed by atoms with van der Waals surface area (Å²) in [6.07, 6.45) is -31.6. The van der Waals surface area contributed by atoms with Crippen molar-refractivity contribution in [2.75, 3.05) is 42.4 Å². The van der Waals surface area contributed by atoms with Gasteiger partial charge in [-0.1, -0.05) is 48.0 Å². The minimum atomic E-state index is -6.20. The van der Waals surface area contributed by atoms with E-state index in [2.05, 4.69) is 10.4 Å². The maximum Gasteiger partial charge on any atom is 0.435 e. The van der Waals surface area contributed by atoms with E-state index in [1.54, 1.807) is 34.4 Å². The fourth-order valence-electron chi connectivity index (χ4n) is 9.04. The first-order valence-corrected chi connectivity index (χ1v) is 26.2. The van der Waals surface area contributed by atoms with Crippen LogP contribution in [0.15, 0.2) is 79.1 Å². The van der Waals surface area contributed by atoms with Crippen molar-refractivity contribution >= 4 is 29.1 Å². The summed E-state index contributed by atoms with van der Waals surface area (Å²) in [6.45, 7) is 8.29. The number of hydrogen-bond acceptors (Lipinski definition) is 8. The number of allylic oxidation sites excluding steroid dienone is 1. The third-order valence-electron chi connectivity index (χ3n) is 13.3. The molecular weight excluding hydrogens is 1280 g/mol. The van der Waals surface area contributed by atoms with E-state index in [1.165, 1.54) is 54.0 Å². The second-order valence-electron chi connectivity index (χ2n) is 20.9. The standard InChI is InChI=1S/C24H19ClF7N3O.C16H16F7NO.C13H11F7O.C5H13NO2/c1-12-9-14(22(26,23(27,28)29)24(30,31)32)10-13(2)20(12)19-7-8-35(34-19)16-5-6-18(25)17(11-16)21(36)33-15-3-4-15;1-9-7-11(14(17,15(18,19)20)16(21,22)23)8-10(2)13(9)12(25)5-6-24(3)4;1-6-4-9(5-7(2)10(6)8(3)21)11(14,12(15,16)17)13(18,19)20;1-6(2)5(7-3)8-4/h5-11,15H,3-4H2,1-2H3,(H,33,36);5-8H,1-4H3;4-5H,1-3H3;5H,1-4H3. The van der Waals surface area contributed by atoms with Crippen molar-refractivity contribution < 1.29 is 116 Å². The molecule has 10 nitrogen and oxygen atoms in total. The first-order chi connectivity index (χ1) is 40.7. The van der Waals surface area contributed by atoms with Gasteiger partial charge in [-0.2, -0.15) is 84.1 Å². The second kappa shape index (κ2) is 28.3. The molecule has 0 unspecified atom stereocenters. The van der Waals surface area contributed by atoms with E-state index in [0.29, 0.717) is 42.1 Å². The van der Waals surface area contributed by atoms with Gasteiger partial charge in [-0.05, 0) is 133 Å². The molecule has 0 aliphatic heterocycles. The molecule has 1 heterocycles. The van der Waals surface area contributed by atoms with Crippen molar-refractivity contribution in [3.05, 3.63) is 151 Å². The third kappa shape index (κ3) is 17.0. The molecule has 0 spiro atoms. The van der Waals surface area contributed by atoms with Crippen LogP contribution in [0, 0.1) is 41.5 Å². The predicted octanol–water partition coefficient (Wildman–Crippen LogP) is 16.8. The number of ketones is 2. The Bertz CT molecular complexity index is 3280. The van der Waals surface area contributed by atoms with E-state index in [4.69, 9.17) is 21.1 Å². The van der Waals surface area contributed by atoms with Crippen LogP contribution in [0.3, 0.4) is 0 Å². The number of methoxy groups -OCH3 is 2. The summed E-state index contributed by atoms with van der Waals surface area (Å²) in [7, 11) is 10.2. The van der Waals surface area contributed by atoms with Gasteiger partial charge in [0, 0.05) is 86.2 Å². The van der Waals surface area contributed by atoms with E-state index in [1.807, 2.05) is 19.0 Å². The molecule has 0 saturated heterocycles. The van der Waals surface area contributed by atoms with Crippen molar-refractivity contribution in [2.24, 2.45) is 0 Å². The SMILES string of the molecule is CC(=O)c1c(C)cc(C(F)(C(F)(F)F)C(F)(F)F)cc1C.COC(OC)N(C)C.Cc1cc(C(F)(C(F)(F)F)C(F)(F)F)cc(C)c1-c1ccn(-c2ccc(Cl)c(C(=O)NC3CC3)c2)n1.Cc1cc(C(F)(C(F)(F)F)C(F)(F)F)cc(C)c1C(=O)C=CN(C)C. The van der Waals surface area contributed by atoms with Crippen LogP contribution in [0.25, 0.3) is 16.9 Å². The zero-order valence-electron chi connectivity index (χ0n) is 49.7. The minimum absolute atomic E-state index is 0.0219. The smallest absolute Gasteiger partial charge is 0.383 e. The van der Waals surface area contributed by atoms with Crippen molar-refractivity contribution in [1.29, 1.82) is 0 Å². The van der Waals surface area contributed by atoms with Gasteiger partial charge in [-0.25, -0.2) is 17.9 Å². The highest BCUT2D eigenvalue weighted by Crippen LogP contribution is 2.56. The largest absolute Gasteiger partial charge is 0.435 e. The molecule has 500 valence electrons. The van der Waals surface area contributed by atoms with Crippen molar-refractivity contribution in [3.8, 4) is 16.9 Å². The van der Waals surface area contributed by atoms with Crippen LogP contribution in [0.4, 0.5) is 92.2 Å². The summed E-state index contributed by atoms with van der Waals surface area (Å²) in [5.74, 6) is -1.48. The van der Waals surface area contributed by atoms with Gasteiger partial charge in [0.25, 0.3) is 5.91 Å². The summed E-state index contributed by atoms with van der Waals surface area (Å²) in [4.78, 5) is 39.2. The Hall–Kier alpha value is -6.86. The number of benzene rings is 4. The maximum atomic E-state index is 14.6. The monoisotopic (exact) mass is 1340 g/mol. The van der Waals surface area contributed by atoms with Crippen LogP contribution in [0.2, 0.25) is 5.02 Å². The fraction of sp³-hybridized carbons (Fsp3) is 0.448. The highest BCUT2D eigenvalue weighted by atomic mass is 35.5. The van der Waals surface area contributed by atoms with Crippen molar-refractivity contribution in [1.82, 2.24) is 24.9 Å². The van der Waals surface area contributed by atoms with E-state index in [9.17, 15) is 107 Å². The molecule has 0 radical (unpaired) electrons. The van der Waals surface area contributed by atoms with Crippen LogP contribution in [0.5, 0.6) is 0 Å². The van der Waals surface area contributed by atoms with Gasteiger partial charge in [0.1, 0.15) is 0 Å². The Labute approximate surface area is 506 Å². The lowest BCUT2D eigenvalue weighted by atomic mass is 9.88. The fourth-order valence-corrected chi connectivity index (χ4v) is 9.24. The maximum absolute atomic E-state index is 14.6. The van der Waals surface area contributed by atoms with E-state index >= 15 is 0 Å². The first kappa shape index (κ1) is 77.4. The van der Waals surface area contributed by atoms with Crippen molar-refractivity contribution in [2.45, 2.75) is 128 Å². The molecule has 0 atom stereocenters. The summed E-state index contributed by atoms with van der Waals surface area (Å²) >= 11 is 6.16. The van der Waals surface area contributed by atoms with Crippen LogP contribution in [-0.2, 0) is 26.5 Å². The molecule has 5 aromatic rings. The first-order valence-electron chi connectivity index (χ1n) is 25.8. The Morgan fingerprint density at radius 3 is 1.22 bits per heavy atom. The zero-order chi connectivity index (χ0) is 69.8. The van der Waals surface area contributed by atoms with Gasteiger partial charge < -0.3 is 19.7 Å². The van der Waals surface area contributed by atoms with Gasteiger partial charge >= 0.3 is 54.1 Å². The molecule has 1 amide bonds. The number of alkyl halides is 21. The zero-order valence-corrected chi connectivity index (χ0v) is 50.5. The number of Topliss-reactive ketones (excluding diaryl/α,β-unsaturated/α-hetero) is 1. The Morgan fingerprint density at radius 2 is 0.922 bits per heavy atom. The topological polar surface area (TPSA) is 106 Å². The van der Waals surface area contributed by atoms with Crippen LogP contribution in [-0.4, -0.2) is 129 Å². The average Bonchev–Trinajstić information content (AvgIpc) is 0.818. The van der Waals surface area contributed by atoms with Gasteiger partial charge in [0.15, 0.2) is 11.6 Å². The molecule has 1 aliphatic carbocycles. The molecule has 1 aliphatic rings. The third-order valence-corrected chi connectivity index (χ3v) is 13.6. The Balaban J connectivity index is 0.000000344. The molecule has 90 heavy (non-hydrogen) atoms. The van der Waals surface area contributed by atoms with Crippen LogP contribution >= 0.6 is 11.6 Å². The molecule has 1 N–H and O–H groups in total. The lowest BCUT2D eigenvalue weighted by molar-refractivity contribution is -0.349. The predicted molar refractivity (Wildman–Crippen MR) is 289 cm³/mol. The second-order valence-corrected chi connectivity index (χ2v) is 21.3. The normalized spacial score (nSPS) is 13.7. The summed E-state index contributed by atoms with van der Waals surface area (Å²) in [5.41, 5.74) is -20.9. The van der Waals surface area contributed by atoms with E-state index in [-0.39, 0.29) is 84.7 Å². The van der Waals surface area contributed by atoms with Gasteiger partial charge in [0.2, 0.25) is 6.41 Å². The number of ether oxygens (including phenoxy) is 2. The summed E-state index contributed by atoms with van der Waals surface area (Å²) in [5, 5.41) is 7.43. The van der Waals surface area contributed by atoms with Crippen LogP contribution in [0.1, 0.15) is 101 Å². The Kier molecular flexibility index (Phi) is 24.4. The lowest BCUT2D eigenvalue weighted by Crippen LogP contribution is -2.50. The quantitative estimate of drug-likeness (QED) is 0.0507. The molecule has 1 aromatic heterocycles. The molecule has 6 rings (SSSR count). The highest BCUT2D eigenvalue weighted by Gasteiger charge is 2.75. The number of aromatic nitrogens is 2. The van der Waals surface area contributed by atoms with Gasteiger partial charge in [0.05, 0.1) is 22.0 Å². The summed E-state index contributed by atoms with van der Waals surface area (Å²) < 4.78 is 286. The molecule has 1 saturated carbocycles. The van der Waals surface area contributed by atoms with Crippen molar-refractivity contribution in [3.63, 3.8) is 0 Å². The molecule has 32 heteroatoms. The number of halogens is 22.